The minimum atomic E-state index is -0.122. The van der Waals surface area contributed by atoms with Crippen molar-refractivity contribution in [3.05, 3.63) is 59.2 Å². The molecule has 0 unspecified atom stereocenters. The average molecular weight is 311 g/mol. The zero-order valence-electron chi connectivity index (χ0n) is 14.5. The first-order chi connectivity index (χ1) is 10.7. The van der Waals surface area contributed by atoms with Gasteiger partial charge in [0.05, 0.1) is 6.10 Å². The van der Waals surface area contributed by atoms with Gasteiger partial charge < -0.3 is 10.5 Å². The van der Waals surface area contributed by atoms with E-state index in [1.807, 2.05) is 44.2 Å². The van der Waals surface area contributed by atoms with E-state index in [2.05, 4.69) is 20.8 Å². The first-order valence-corrected chi connectivity index (χ1v) is 7.90. The van der Waals surface area contributed by atoms with Gasteiger partial charge in [0.1, 0.15) is 5.75 Å². The van der Waals surface area contributed by atoms with Crippen LogP contribution in [0.2, 0.25) is 0 Å². The molecule has 0 aliphatic heterocycles. The second kappa shape index (κ2) is 6.45. The molecule has 0 spiro atoms. The highest BCUT2D eigenvalue weighted by Gasteiger charge is 2.22. The molecule has 0 fully saturated rings. The third-order valence-corrected chi connectivity index (χ3v) is 3.62. The zero-order chi connectivity index (χ0) is 17.2. The Morgan fingerprint density at radius 1 is 1.09 bits per heavy atom. The molecular formula is C20H25NO2. The van der Waals surface area contributed by atoms with Crippen LogP contribution in [0.1, 0.15) is 56.1 Å². The van der Waals surface area contributed by atoms with Crippen molar-refractivity contribution in [1.82, 2.24) is 0 Å². The third kappa shape index (κ3) is 3.92. The Hall–Kier alpha value is -2.29. The number of carbonyl (C=O) groups is 1. The second-order valence-corrected chi connectivity index (χ2v) is 7.04. The van der Waals surface area contributed by atoms with E-state index in [9.17, 15) is 4.79 Å². The van der Waals surface area contributed by atoms with E-state index in [-0.39, 0.29) is 17.3 Å². The summed E-state index contributed by atoms with van der Waals surface area (Å²) in [6, 6.07) is 12.8. The van der Waals surface area contributed by atoms with Crippen LogP contribution in [-0.2, 0) is 5.41 Å². The van der Waals surface area contributed by atoms with Crippen molar-refractivity contribution >= 4 is 11.5 Å². The van der Waals surface area contributed by atoms with Crippen molar-refractivity contribution in [3.8, 4) is 5.75 Å². The highest BCUT2D eigenvalue weighted by Crippen LogP contribution is 2.33. The van der Waals surface area contributed by atoms with Crippen LogP contribution in [0, 0.1) is 0 Å². The van der Waals surface area contributed by atoms with Crippen molar-refractivity contribution in [1.29, 1.82) is 0 Å². The molecule has 0 saturated carbocycles. The third-order valence-electron chi connectivity index (χ3n) is 3.62. The van der Waals surface area contributed by atoms with E-state index < -0.39 is 0 Å². The summed E-state index contributed by atoms with van der Waals surface area (Å²) in [6.07, 6.45) is 0.0856. The fourth-order valence-corrected chi connectivity index (χ4v) is 2.47. The lowest BCUT2D eigenvalue weighted by molar-refractivity contribution is 0.103. The summed E-state index contributed by atoms with van der Waals surface area (Å²) < 4.78 is 5.90. The Kier molecular flexibility index (Phi) is 4.79. The number of anilines is 1. The highest BCUT2D eigenvalue weighted by atomic mass is 16.5. The van der Waals surface area contributed by atoms with Crippen LogP contribution >= 0.6 is 0 Å². The normalized spacial score (nSPS) is 11.6. The van der Waals surface area contributed by atoms with E-state index in [1.165, 1.54) is 0 Å². The van der Waals surface area contributed by atoms with E-state index in [1.54, 1.807) is 12.1 Å². The summed E-state index contributed by atoms with van der Waals surface area (Å²) in [7, 11) is 0. The fourth-order valence-electron chi connectivity index (χ4n) is 2.47. The number of carbonyl (C=O) groups excluding carboxylic acids is 1. The van der Waals surface area contributed by atoms with Crippen LogP contribution in [0.5, 0.6) is 5.75 Å². The molecule has 0 heterocycles. The molecule has 23 heavy (non-hydrogen) atoms. The number of para-hydroxylation sites is 1. The topological polar surface area (TPSA) is 52.3 Å². The van der Waals surface area contributed by atoms with Gasteiger partial charge in [0.15, 0.2) is 5.78 Å². The van der Waals surface area contributed by atoms with E-state index >= 15 is 0 Å². The van der Waals surface area contributed by atoms with Crippen molar-refractivity contribution in [2.45, 2.75) is 46.1 Å². The summed E-state index contributed by atoms with van der Waals surface area (Å²) in [5.41, 5.74) is 8.49. The number of nitrogens with two attached hydrogens (primary N) is 1. The number of ketones is 1. The van der Waals surface area contributed by atoms with E-state index in [0.717, 1.165) is 11.3 Å². The standard InChI is InChI=1S/C20H25NO2/c1-13(2)23-18-11-10-14(12-16(18)20(3,4)5)19(22)15-8-6-7-9-17(15)21/h6-13H,21H2,1-5H3. The number of nitrogen functional groups attached to an aromatic ring is 1. The molecule has 0 bridgehead atoms. The molecule has 122 valence electrons. The van der Waals surface area contributed by atoms with Crippen molar-refractivity contribution in [2.75, 3.05) is 5.73 Å². The smallest absolute Gasteiger partial charge is 0.195 e. The molecule has 2 aromatic carbocycles. The second-order valence-electron chi connectivity index (χ2n) is 7.04. The molecule has 0 aliphatic carbocycles. The molecule has 3 nitrogen and oxygen atoms in total. The van der Waals surface area contributed by atoms with Crippen LogP contribution in [0.3, 0.4) is 0 Å². The first kappa shape index (κ1) is 17.1. The van der Waals surface area contributed by atoms with Crippen molar-refractivity contribution < 1.29 is 9.53 Å². The maximum Gasteiger partial charge on any atom is 0.195 e. The van der Waals surface area contributed by atoms with Gasteiger partial charge in [0, 0.05) is 22.4 Å². The Bertz CT molecular complexity index is 712. The number of benzene rings is 2. The lowest BCUT2D eigenvalue weighted by atomic mass is 9.84. The van der Waals surface area contributed by atoms with E-state index in [0.29, 0.717) is 16.8 Å². The molecule has 0 aliphatic rings. The van der Waals surface area contributed by atoms with Crippen LogP contribution in [0.25, 0.3) is 0 Å². The minimum Gasteiger partial charge on any atom is -0.491 e. The van der Waals surface area contributed by atoms with Crippen molar-refractivity contribution in [2.24, 2.45) is 0 Å². The van der Waals surface area contributed by atoms with Gasteiger partial charge in [-0.05, 0) is 49.6 Å². The highest BCUT2D eigenvalue weighted by molar-refractivity contribution is 6.12. The molecule has 0 aromatic heterocycles. The minimum absolute atomic E-state index is 0.0651. The summed E-state index contributed by atoms with van der Waals surface area (Å²) >= 11 is 0. The van der Waals surface area contributed by atoms with E-state index in [4.69, 9.17) is 10.5 Å². The summed E-state index contributed by atoms with van der Waals surface area (Å²) in [4.78, 5) is 12.8. The molecule has 0 atom stereocenters. The Labute approximate surface area is 138 Å². The van der Waals surface area contributed by atoms with Gasteiger partial charge in [-0.2, -0.15) is 0 Å². The van der Waals surface area contributed by atoms with Gasteiger partial charge in [-0.1, -0.05) is 32.9 Å². The summed E-state index contributed by atoms with van der Waals surface area (Å²) in [5.74, 6) is 0.759. The van der Waals surface area contributed by atoms with Gasteiger partial charge >= 0.3 is 0 Å². The Morgan fingerprint density at radius 3 is 2.30 bits per heavy atom. The lowest BCUT2D eigenvalue weighted by Crippen LogP contribution is -2.17. The largest absolute Gasteiger partial charge is 0.491 e. The molecule has 2 rings (SSSR count). The molecular weight excluding hydrogens is 286 g/mol. The number of hydrogen-bond donors (Lipinski definition) is 1. The number of hydrogen-bond acceptors (Lipinski definition) is 3. The quantitative estimate of drug-likeness (QED) is 0.664. The zero-order valence-corrected chi connectivity index (χ0v) is 14.5. The summed E-state index contributed by atoms with van der Waals surface area (Å²) in [6.45, 7) is 10.3. The number of rotatable bonds is 4. The van der Waals surface area contributed by atoms with Crippen LogP contribution in [-0.4, -0.2) is 11.9 Å². The van der Waals surface area contributed by atoms with Gasteiger partial charge in [-0.3, -0.25) is 4.79 Å². The van der Waals surface area contributed by atoms with Crippen LogP contribution in [0.15, 0.2) is 42.5 Å². The maximum absolute atomic E-state index is 12.8. The maximum atomic E-state index is 12.8. The Balaban J connectivity index is 2.49. The van der Waals surface area contributed by atoms with Gasteiger partial charge in [0.25, 0.3) is 0 Å². The molecule has 0 radical (unpaired) electrons. The van der Waals surface area contributed by atoms with Crippen LogP contribution < -0.4 is 10.5 Å². The van der Waals surface area contributed by atoms with Gasteiger partial charge in [-0.15, -0.1) is 0 Å². The Morgan fingerprint density at radius 2 is 1.74 bits per heavy atom. The molecule has 0 amide bonds. The van der Waals surface area contributed by atoms with Gasteiger partial charge in [0.2, 0.25) is 0 Å². The van der Waals surface area contributed by atoms with Crippen molar-refractivity contribution in [3.63, 3.8) is 0 Å². The molecule has 0 saturated heterocycles. The monoisotopic (exact) mass is 311 g/mol. The summed E-state index contributed by atoms with van der Waals surface area (Å²) in [5, 5.41) is 0. The number of ether oxygens (including phenoxy) is 1. The van der Waals surface area contributed by atoms with Crippen LogP contribution in [0.4, 0.5) is 5.69 Å². The average Bonchev–Trinajstić information content (AvgIpc) is 2.45. The van der Waals surface area contributed by atoms with Gasteiger partial charge in [-0.25, -0.2) is 0 Å². The SMILES string of the molecule is CC(C)Oc1ccc(C(=O)c2ccccc2N)cc1C(C)(C)C. The molecule has 2 N–H and O–H groups in total. The predicted molar refractivity (Wildman–Crippen MR) is 95.2 cm³/mol. The first-order valence-electron chi connectivity index (χ1n) is 7.90. The molecule has 2 aromatic rings. The lowest BCUT2D eigenvalue weighted by Gasteiger charge is -2.24. The predicted octanol–water partition coefficient (Wildman–Crippen LogP) is 4.58. The molecule has 3 heteroatoms. The fraction of sp³-hybridized carbons (Fsp3) is 0.350.